The third-order valence-corrected chi connectivity index (χ3v) is 2.67. The number of carbonyl (C=O) groups excluding carboxylic acids is 1. The highest BCUT2D eigenvalue weighted by Crippen LogP contribution is 2.06. The lowest BCUT2D eigenvalue weighted by molar-refractivity contribution is -0.140. The summed E-state index contributed by atoms with van der Waals surface area (Å²) in [5, 5.41) is 19.0. The summed E-state index contributed by atoms with van der Waals surface area (Å²) in [5.74, 6) is -1.11. The molecule has 7 heteroatoms. The molecule has 0 aliphatic carbocycles. The average molecular weight is 244 g/mol. The molecule has 2 heterocycles. The highest BCUT2D eigenvalue weighted by atomic mass is 16.4. The standard InChI is InChI=1S/C5H7NO3.C5H9NO2/c7-4-2-1-3(6-4)5(8)9;7-5(8)6-3-1-2-4-6/h3H,1-2H2,(H,6,7)(H,8,9);1-4H2,(H,7,8)/t3-;/m0./s1. The summed E-state index contributed by atoms with van der Waals surface area (Å²) >= 11 is 0. The van der Waals surface area contributed by atoms with Crippen molar-refractivity contribution in [3.05, 3.63) is 0 Å². The predicted octanol–water partition coefficient (Wildman–Crippen LogP) is 0.110. The van der Waals surface area contributed by atoms with Crippen molar-refractivity contribution in [3.8, 4) is 0 Å². The van der Waals surface area contributed by atoms with Gasteiger partial charge in [0, 0.05) is 19.5 Å². The fourth-order valence-electron chi connectivity index (χ4n) is 1.71. The van der Waals surface area contributed by atoms with Gasteiger partial charge in [-0.3, -0.25) is 4.79 Å². The number of nitrogens with zero attached hydrogens (tertiary/aromatic N) is 1. The molecule has 2 fully saturated rings. The molecule has 1 atom stereocenters. The first kappa shape index (κ1) is 13.3. The third-order valence-electron chi connectivity index (χ3n) is 2.67. The Balaban J connectivity index is 0.000000171. The Morgan fingerprint density at radius 2 is 1.82 bits per heavy atom. The van der Waals surface area contributed by atoms with Crippen molar-refractivity contribution in [1.82, 2.24) is 10.2 Å². The molecule has 0 aromatic carbocycles. The Hall–Kier alpha value is -1.79. The second-order valence-electron chi connectivity index (χ2n) is 3.97. The highest BCUT2D eigenvalue weighted by molar-refractivity contribution is 5.87. The van der Waals surface area contributed by atoms with Gasteiger partial charge >= 0.3 is 12.1 Å². The van der Waals surface area contributed by atoms with Gasteiger partial charge in [-0.1, -0.05) is 0 Å². The molecule has 0 spiro atoms. The number of likely N-dealkylation sites (tertiary alicyclic amines) is 1. The fraction of sp³-hybridized carbons (Fsp3) is 0.700. The van der Waals surface area contributed by atoms with E-state index < -0.39 is 18.1 Å². The van der Waals surface area contributed by atoms with Crippen LogP contribution < -0.4 is 5.32 Å². The Morgan fingerprint density at radius 1 is 1.24 bits per heavy atom. The van der Waals surface area contributed by atoms with Gasteiger partial charge in [0.1, 0.15) is 6.04 Å². The van der Waals surface area contributed by atoms with Crippen molar-refractivity contribution in [2.45, 2.75) is 31.7 Å². The number of amides is 2. The van der Waals surface area contributed by atoms with Gasteiger partial charge in [0.25, 0.3) is 0 Å². The number of carboxylic acid groups (broad SMARTS) is 2. The van der Waals surface area contributed by atoms with E-state index in [0.29, 0.717) is 12.8 Å². The van der Waals surface area contributed by atoms with Crippen molar-refractivity contribution in [3.63, 3.8) is 0 Å². The maximum absolute atomic E-state index is 10.4. The van der Waals surface area contributed by atoms with Crippen LogP contribution in [-0.2, 0) is 9.59 Å². The van der Waals surface area contributed by atoms with Crippen LogP contribution in [-0.4, -0.2) is 52.2 Å². The Labute approximate surface area is 98.4 Å². The molecular weight excluding hydrogens is 228 g/mol. The molecule has 0 aromatic heterocycles. The third kappa shape index (κ3) is 4.29. The molecule has 2 saturated heterocycles. The molecule has 7 nitrogen and oxygen atoms in total. The topological polar surface area (TPSA) is 107 Å². The molecular formula is C10H16N2O5. The van der Waals surface area contributed by atoms with Gasteiger partial charge in [-0.05, 0) is 19.3 Å². The van der Waals surface area contributed by atoms with E-state index in [0.717, 1.165) is 25.9 Å². The lowest BCUT2D eigenvalue weighted by Gasteiger charge is -2.07. The minimum atomic E-state index is -0.944. The number of nitrogens with one attached hydrogen (secondary N) is 1. The average Bonchev–Trinajstić information content (AvgIpc) is 2.87. The van der Waals surface area contributed by atoms with Crippen LogP contribution in [0.25, 0.3) is 0 Å². The van der Waals surface area contributed by atoms with Crippen LogP contribution >= 0.6 is 0 Å². The van der Waals surface area contributed by atoms with Crippen LogP contribution in [0.3, 0.4) is 0 Å². The zero-order valence-corrected chi connectivity index (χ0v) is 9.39. The van der Waals surface area contributed by atoms with Crippen molar-refractivity contribution in [2.75, 3.05) is 13.1 Å². The minimum Gasteiger partial charge on any atom is -0.480 e. The smallest absolute Gasteiger partial charge is 0.407 e. The summed E-state index contributed by atoms with van der Waals surface area (Å²) in [6.45, 7) is 1.46. The number of hydrogen-bond donors (Lipinski definition) is 3. The molecule has 0 radical (unpaired) electrons. The number of carboxylic acids is 1. The van der Waals surface area contributed by atoms with Gasteiger partial charge in [-0.2, -0.15) is 0 Å². The SMILES string of the molecule is O=C(O)N1CCCC1.O=C1CC[C@@H](C(=O)O)N1. The number of rotatable bonds is 1. The summed E-state index contributed by atoms with van der Waals surface area (Å²) < 4.78 is 0. The Bertz CT molecular complexity index is 312. The van der Waals surface area contributed by atoms with Crippen LogP contribution in [0.2, 0.25) is 0 Å². The molecule has 2 amide bonds. The summed E-state index contributed by atoms with van der Waals surface area (Å²) in [7, 11) is 0. The predicted molar refractivity (Wildman–Crippen MR) is 57.6 cm³/mol. The zero-order chi connectivity index (χ0) is 12.8. The summed E-state index contributed by atoms with van der Waals surface area (Å²) in [6.07, 6.45) is 2.06. The fourth-order valence-corrected chi connectivity index (χ4v) is 1.71. The monoisotopic (exact) mass is 244 g/mol. The first-order valence-electron chi connectivity index (χ1n) is 5.50. The molecule has 0 saturated carbocycles. The summed E-state index contributed by atoms with van der Waals surface area (Å²) in [5.41, 5.74) is 0. The quantitative estimate of drug-likeness (QED) is 0.607. The molecule has 96 valence electrons. The van der Waals surface area contributed by atoms with Crippen LogP contribution in [0, 0.1) is 0 Å². The van der Waals surface area contributed by atoms with Gasteiger partial charge < -0.3 is 20.4 Å². The van der Waals surface area contributed by atoms with Gasteiger partial charge in [0.05, 0.1) is 0 Å². The molecule has 3 N–H and O–H groups in total. The first-order valence-corrected chi connectivity index (χ1v) is 5.50. The second kappa shape index (κ2) is 6.07. The molecule has 2 rings (SSSR count). The van der Waals surface area contributed by atoms with E-state index in [-0.39, 0.29) is 5.91 Å². The number of aliphatic carboxylic acids is 1. The molecule has 0 bridgehead atoms. The second-order valence-corrected chi connectivity index (χ2v) is 3.97. The van der Waals surface area contributed by atoms with Crippen LogP contribution in [0.4, 0.5) is 4.79 Å². The highest BCUT2D eigenvalue weighted by Gasteiger charge is 2.26. The maximum atomic E-state index is 10.4. The van der Waals surface area contributed by atoms with Crippen molar-refractivity contribution in [2.24, 2.45) is 0 Å². The van der Waals surface area contributed by atoms with E-state index in [1.54, 1.807) is 0 Å². The van der Waals surface area contributed by atoms with Crippen molar-refractivity contribution in [1.29, 1.82) is 0 Å². The van der Waals surface area contributed by atoms with E-state index in [4.69, 9.17) is 10.2 Å². The lowest BCUT2D eigenvalue weighted by atomic mass is 10.2. The summed E-state index contributed by atoms with van der Waals surface area (Å²) in [4.78, 5) is 32.1. The van der Waals surface area contributed by atoms with Crippen molar-refractivity contribution < 1.29 is 24.6 Å². The van der Waals surface area contributed by atoms with Crippen LogP contribution in [0.5, 0.6) is 0 Å². The first-order chi connectivity index (χ1) is 8.00. The maximum Gasteiger partial charge on any atom is 0.407 e. The van der Waals surface area contributed by atoms with E-state index in [2.05, 4.69) is 5.32 Å². The van der Waals surface area contributed by atoms with Gasteiger partial charge in [-0.25, -0.2) is 9.59 Å². The Morgan fingerprint density at radius 3 is 2.06 bits per heavy atom. The van der Waals surface area contributed by atoms with Gasteiger partial charge in [0.15, 0.2) is 0 Å². The van der Waals surface area contributed by atoms with Gasteiger partial charge in [0.2, 0.25) is 5.91 Å². The van der Waals surface area contributed by atoms with Gasteiger partial charge in [-0.15, -0.1) is 0 Å². The normalized spacial score (nSPS) is 22.7. The largest absolute Gasteiger partial charge is 0.480 e. The molecule has 0 aromatic rings. The number of hydrogen-bond acceptors (Lipinski definition) is 3. The molecule has 0 unspecified atom stereocenters. The zero-order valence-electron chi connectivity index (χ0n) is 9.39. The van der Waals surface area contributed by atoms with E-state index in [9.17, 15) is 14.4 Å². The van der Waals surface area contributed by atoms with E-state index in [1.807, 2.05) is 0 Å². The molecule has 17 heavy (non-hydrogen) atoms. The molecule has 2 aliphatic heterocycles. The molecule has 2 aliphatic rings. The van der Waals surface area contributed by atoms with Crippen LogP contribution in [0.15, 0.2) is 0 Å². The lowest BCUT2D eigenvalue weighted by Crippen LogP contribution is -2.32. The van der Waals surface area contributed by atoms with Crippen LogP contribution in [0.1, 0.15) is 25.7 Å². The van der Waals surface area contributed by atoms with E-state index in [1.165, 1.54) is 4.90 Å². The minimum absolute atomic E-state index is 0.164. The number of carbonyl (C=O) groups is 3. The summed E-state index contributed by atoms with van der Waals surface area (Å²) in [6, 6.07) is -0.641. The van der Waals surface area contributed by atoms with E-state index >= 15 is 0 Å². The Kier molecular flexibility index (Phi) is 4.74. The van der Waals surface area contributed by atoms with Crippen molar-refractivity contribution >= 4 is 18.0 Å².